The lowest BCUT2D eigenvalue weighted by Crippen LogP contribution is -2.30. The first kappa shape index (κ1) is 22.4. The summed E-state index contributed by atoms with van der Waals surface area (Å²) in [5, 5.41) is 6.28. The van der Waals surface area contributed by atoms with Crippen molar-refractivity contribution in [2.24, 2.45) is 0 Å². The van der Waals surface area contributed by atoms with Crippen LogP contribution in [0.3, 0.4) is 0 Å². The minimum atomic E-state index is -0.270. The largest absolute Gasteiger partial charge is 0.488 e. The summed E-state index contributed by atoms with van der Waals surface area (Å²) < 4.78 is 19.6. The van der Waals surface area contributed by atoms with Crippen LogP contribution in [-0.4, -0.2) is 11.4 Å². The number of thioether (sulfide) groups is 1. The summed E-state index contributed by atoms with van der Waals surface area (Å²) >= 11 is 4.98. The van der Waals surface area contributed by atoms with Gasteiger partial charge in [-0.2, -0.15) is 0 Å². The zero-order chi connectivity index (χ0) is 22.5. The van der Waals surface area contributed by atoms with Gasteiger partial charge in [-0.3, -0.25) is 4.79 Å². The van der Waals surface area contributed by atoms with Gasteiger partial charge in [0.05, 0.1) is 9.38 Å². The van der Waals surface area contributed by atoms with E-state index in [1.165, 1.54) is 29.5 Å². The smallest absolute Gasteiger partial charge is 0.260 e. The van der Waals surface area contributed by atoms with Crippen molar-refractivity contribution in [3.63, 3.8) is 0 Å². The zero-order valence-corrected chi connectivity index (χ0v) is 19.8. The molecule has 0 unspecified atom stereocenters. The van der Waals surface area contributed by atoms with Crippen LogP contribution in [-0.2, 0) is 17.8 Å². The summed E-state index contributed by atoms with van der Waals surface area (Å²) in [6.45, 7) is 2.46. The fraction of sp³-hybridized carbons (Fsp3) is 0.160. The molecule has 2 N–H and O–H groups in total. The summed E-state index contributed by atoms with van der Waals surface area (Å²) in [5.74, 6) is 0.300. The van der Waals surface area contributed by atoms with Gasteiger partial charge in [0.15, 0.2) is 5.50 Å². The second-order valence-electron chi connectivity index (χ2n) is 7.28. The molecule has 0 radical (unpaired) electrons. The van der Waals surface area contributed by atoms with Crippen molar-refractivity contribution in [2.45, 2.75) is 25.4 Å². The van der Waals surface area contributed by atoms with Gasteiger partial charge in [-0.25, -0.2) is 4.39 Å². The molecule has 1 aliphatic heterocycles. The van der Waals surface area contributed by atoms with Gasteiger partial charge < -0.3 is 15.4 Å². The van der Waals surface area contributed by atoms with Crippen LogP contribution < -0.4 is 15.4 Å². The Balaban J connectivity index is 1.38. The van der Waals surface area contributed by atoms with Gasteiger partial charge in [0, 0.05) is 5.69 Å². The van der Waals surface area contributed by atoms with Crippen LogP contribution in [0, 0.1) is 5.82 Å². The summed E-state index contributed by atoms with van der Waals surface area (Å²) in [5.41, 5.74) is 3.78. The number of carbonyl (C=O) groups excluding carboxylic acids is 1. The van der Waals surface area contributed by atoms with E-state index in [9.17, 15) is 9.18 Å². The minimum absolute atomic E-state index is 0.106. The zero-order valence-electron chi connectivity index (χ0n) is 17.4. The Kier molecular flexibility index (Phi) is 7.17. The average molecular weight is 513 g/mol. The number of nitrogens with one attached hydrogen (secondary N) is 2. The Bertz CT molecular complexity index is 1130. The van der Waals surface area contributed by atoms with Crippen molar-refractivity contribution < 1.29 is 13.9 Å². The van der Waals surface area contributed by atoms with Crippen LogP contribution in [0.1, 0.15) is 23.6 Å². The number of halogens is 2. The third kappa shape index (κ3) is 5.72. The molecule has 3 aromatic rings. The van der Waals surface area contributed by atoms with Crippen molar-refractivity contribution in [2.75, 3.05) is 5.32 Å². The Morgan fingerprint density at radius 1 is 1.09 bits per heavy atom. The van der Waals surface area contributed by atoms with Gasteiger partial charge in [0.2, 0.25) is 0 Å². The Labute approximate surface area is 199 Å². The third-order valence-corrected chi connectivity index (χ3v) is 6.60. The standard InChI is InChI=1S/C25H22BrFN2O2S/c1-2-16-5-10-20(11-6-16)28-25-29-24(30)23(32-25)14-18-7-12-22(21(26)13-18)31-15-17-3-8-19(27)9-4-17/h3-14,25,28H,2,15H2,1H3,(H,29,30)/b23-14-/t25-/m1/s1. The molecule has 1 fully saturated rings. The van der Waals surface area contributed by atoms with Crippen LogP contribution in [0.25, 0.3) is 6.08 Å². The molecule has 1 atom stereocenters. The van der Waals surface area contributed by atoms with Gasteiger partial charge in [-0.05, 0) is 81.5 Å². The number of rotatable bonds is 7. The predicted molar refractivity (Wildman–Crippen MR) is 132 cm³/mol. The summed E-state index contributed by atoms with van der Waals surface area (Å²) in [7, 11) is 0. The number of ether oxygens (including phenoxy) is 1. The number of aryl methyl sites for hydroxylation is 1. The molecule has 4 nitrogen and oxygen atoms in total. The second kappa shape index (κ2) is 10.2. The van der Waals surface area contributed by atoms with Crippen molar-refractivity contribution in [1.82, 2.24) is 5.32 Å². The second-order valence-corrected chi connectivity index (χ2v) is 9.28. The molecule has 0 spiro atoms. The first-order valence-corrected chi connectivity index (χ1v) is 11.9. The molecule has 0 aromatic heterocycles. The van der Waals surface area contributed by atoms with Crippen LogP contribution in [0.4, 0.5) is 10.1 Å². The highest BCUT2D eigenvalue weighted by Crippen LogP contribution is 2.32. The van der Waals surface area contributed by atoms with Crippen molar-refractivity contribution in [3.8, 4) is 5.75 Å². The van der Waals surface area contributed by atoms with E-state index in [2.05, 4.69) is 45.6 Å². The van der Waals surface area contributed by atoms with E-state index < -0.39 is 0 Å². The number of anilines is 1. The lowest BCUT2D eigenvalue weighted by molar-refractivity contribution is -0.116. The maximum Gasteiger partial charge on any atom is 0.260 e. The Morgan fingerprint density at radius 2 is 1.81 bits per heavy atom. The number of benzene rings is 3. The molecule has 32 heavy (non-hydrogen) atoms. The summed E-state index contributed by atoms with van der Waals surface area (Å²) in [4.78, 5) is 13.1. The van der Waals surface area contributed by atoms with Gasteiger partial charge in [0.25, 0.3) is 5.91 Å². The molecular formula is C25H22BrFN2O2S. The molecule has 7 heteroatoms. The van der Waals surface area contributed by atoms with E-state index in [1.54, 1.807) is 12.1 Å². The normalized spacial score (nSPS) is 16.8. The van der Waals surface area contributed by atoms with Gasteiger partial charge >= 0.3 is 0 Å². The highest BCUT2D eigenvalue weighted by molar-refractivity contribution is 9.10. The minimum Gasteiger partial charge on any atom is -0.488 e. The monoisotopic (exact) mass is 512 g/mol. The average Bonchev–Trinajstić information content (AvgIpc) is 3.13. The van der Waals surface area contributed by atoms with Crippen molar-refractivity contribution in [3.05, 3.63) is 98.6 Å². The predicted octanol–water partition coefficient (Wildman–Crippen LogP) is 6.33. The van der Waals surface area contributed by atoms with Crippen LogP contribution >= 0.6 is 27.7 Å². The molecular weight excluding hydrogens is 491 g/mol. The van der Waals surface area contributed by atoms with E-state index in [0.29, 0.717) is 17.3 Å². The molecule has 1 aliphatic rings. The number of carbonyl (C=O) groups is 1. The topological polar surface area (TPSA) is 50.4 Å². The molecule has 0 saturated carbocycles. The molecule has 164 valence electrons. The van der Waals surface area contributed by atoms with Crippen molar-refractivity contribution >= 4 is 45.4 Å². The van der Waals surface area contributed by atoms with Gasteiger partial charge in [-0.1, -0.05) is 49.0 Å². The van der Waals surface area contributed by atoms with Crippen LogP contribution in [0.15, 0.2) is 76.1 Å². The van der Waals surface area contributed by atoms with Crippen molar-refractivity contribution in [1.29, 1.82) is 0 Å². The fourth-order valence-corrected chi connectivity index (χ4v) is 4.67. The summed E-state index contributed by atoms with van der Waals surface area (Å²) in [6, 6.07) is 20.1. The highest BCUT2D eigenvalue weighted by atomic mass is 79.9. The Hall–Kier alpha value is -2.77. The lowest BCUT2D eigenvalue weighted by Gasteiger charge is -2.12. The van der Waals surface area contributed by atoms with E-state index in [-0.39, 0.29) is 17.2 Å². The number of hydrogen-bond acceptors (Lipinski definition) is 4. The van der Waals surface area contributed by atoms with E-state index >= 15 is 0 Å². The third-order valence-electron chi connectivity index (χ3n) is 4.95. The molecule has 3 aromatic carbocycles. The van der Waals surface area contributed by atoms with E-state index in [1.807, 2.05) is 36.4 Å². The molecule has 0 aliphatic carbocycles. The SMILES string of the molecule is CCc1ccc(N[C@@H]2NC(=O)/C(=C/c3ccc(OCc4ccc(F)cc4)c(Br)c3)S2)cc1. The van der Waals surface area contributed by atoms with E-state index in [0.717, 1.165) is 27.7 Å². The first-order chi connectivity index (χ1) is 15.5. The Morgan fingerprint density at radius 3 is 2.50 bits per heavy atom. The highest BCUT2D eigenvalue weighted by Gasteiger charge is 2.27. The maximum atomic E-state index is 13.0. The molecule has 1 heterocycles. The molecule has 4 rings (SSSR count). The lowest BCUT2D eigenvalue weighted by atomic mass is 10.1. The van der Waals surface area contributed by atoms with Crippen LogP contribution in [0.2, 0.25) is 0 Å². The number of amides is 1. The maximum absolute atomic E-state index is 13.0. The van der Waals surface area contributed by atoms with E-state index in [4.69, 9.17) is 4.74 Å². The fourth-order valence-electron chi connectivity index (χ4n) is 3.17. The van der Waals surface area contributed by atoms with Gasteiger partial charge in [0.1, 0.15) is 18.2 Å². The van der Waals surface area contributed by atoms with Gasteiger partial charge in [-0.15, -0.1) is 0 Å². The quantitative estimate of drug-likeness (QED) is 0.363. The summed E-state index contributed by atoms with van der Waals surface area (Å²) in [6.07, 6.45) is 2.85. The molecule has 1 amide bonds. The number of hydrogen-bond donors (Lipinski definition) is 2. The molecule has 0 bridgehead atoms. The van der Waals surface area contributed by atoms with Crippen LogP contribution in [0.5, 0.6) is 5.75 Å². The molecule has 1 saturated heterocycles. The first-order valence-electron chi connectivity index (χ1n) is 10.2.